The van der Waals surface area contributed by atoms with Gasteiger partial charge in [-0.15, -0.1) is 0 Å². The number of nitrogens with one attached hydrogen (secondary N) is 2. The molecular weight excluding hydrogens is 423 g/mol. The highest BCUT2D eigenvalue weighted by molar-refractivity contribution is 7.92. The van der Waals surface area contributed by atoms with Gasteiger partial charge in [0.2, 0.25) is 0 Å². The second-order valence-electron chi connectivity index (χ2n) is 6.36. The molecule has 0 saturated heterocycles. The first-order valence-electron chi connectivity index (χ1n) is 9.33. The Kier molecular flexibility index (Phi) is 6.76. The fourth-order valence-electron chi connectivity index (χ4n) is 2.80. The molecule has 0 heterocycles. The first-order chi connectivity index (χ1) is 14.8. The summed E-state index contributed by atoms with van der Waals surface area (Å²) in [6, 6.07) is 16.0. The molecule has 3 aromatic rings. The summed E-state index contributed by atoms with van der Waals surface area (Å²) in [6.45, 7) is 2.34. The van der Waals surface area contributed by atoms with E-state index in [9.17, 15) is 17.6 Å². The maximum absolute atomic E-state index is 13.9. The van der Waals surface area contributed by atoms with Gasteiger partial charge < -0.3 is 14.8 Å². The summed E-state index contributed by atoms with van der Waals surface area (Å²) in [6.07, 6.45) is 0. The van der Waals surface area contributed by atoms with E-state index in [1.54, 1.807) is 24.3 Å². The Labute approximate surface area is 179 Å². The van der Waals surface area contributed by atoms with Gasteiger partial charge in [0.1, 0.15) is 22.2 Å². The number of rotatable bonds is 8. The number of hydrogen-bond acceptors (Lipinski definition) is 5. The predicted molar refractivity (Wildman–Crippen MR) is 116 cm³/mol. The molecule has 9 heteroatoms. The number of amides is 1. The molecule has 3 rings (SSSR count). The minimum Gasteiger partial charge on any atom is -0.495 e. The Morgan fingerprint density at radius 1 is 1.00 bits per heavy atom. The molecule has 0 aliphatic carbocycles. The van der Waals surface area contributed by atoms with Crippen LogP contribution in [0.5, 0.6) is 11.5 Å². The van der Waals surface area contributed by atoms with Crippen LogP contribution in [0.4, 0.5) is 15.8 Å². The summed E-state index contributed by atoms with van der Waals surface area (Å²) < 4.78 is 52.8. The molecule has 0 atom stereocenters. The molecule has 0 spiro atoms. The molecule has 0 aliphatic rings. The van der Waals surface area contributed by atoms with E-state index in [-0.39, 0.29) is 21.9 Å². The number of halogens is 1. The quantitative estimate of drug-likeness (QED) is 0.541. The standard InChI is InChI=1S/C22H21FN2O5S/c1-3-30-17-11-8-15(9-12-17)25-31(27,28)21-14-16(10-13-20(21)29-2)24-22(26)18-6-4-5-7-19(18)23/h4-14,25H,3H2,1-2H3,(H,24,26). The summed E-state index contributed by atoms with van der Waals surface area (Å²) >= 11 is 0. The lowest BCUT2D eigenvalue weighted by molar-refractivity contribution is 0.102. The van der Waals surface area contributed by atoms with Crippen LogP contribution in [-0.2, 0) is 10.0 Å². The molecule has 0 unspecified atom stereocenters. The maximum Gasteiger partial charge on any atom is 0.265 e. The van der Waals surface area contributed by atoms with Crippen molar-refractivity contribution in [2.75, 3.05) is 23.8 Å². The van der Waals surface area contributed by atoms with E-state index < -0.39 is 21.7 Å². The van der Waals surface area contributed by atoms with Gasteiger partial charge >= 0.3 is 0 Å². The summed E-state index contributed by atoms with van der Waals surface area (Å²) in [5, 5.41) is 2.50. The third-order valence-electron chi connectivity index (χ3n) is 4.25. The van der Waals surface area contributed by atoms with Crippen molar-refractivity contribution in [1.82, 2.24) is 0 Å². The van der Waals surface area contributed by atoms with Gasteiger partial charge in [0.15, 0.2) is 0 Å². The van der Waals surface area contributed by atoms with Crippen LogP contribution in [0, 0.1) is 5.82 Å². The number of methoxy groups -OCH3 is 1. The highest BCUT2D eigenvalue weighted by Crippen LogP contribution is 2.29. The second kappa shape index (κ2) is 9.48. The molecule has 162 valence electrons. The van der Waals surface area contributed by atoms with Crippen LogP contribution in [0.15, 0.2) is 71.6 Å². The first-order valence-corrected chi connectivity index (χ1v) is 10.8. The van der Waals surface area contributed by atoms with Gasteiger partial charge in [0.05, 0.1) is 19.3 Å². The van der Waals surface area contributed by atoms with E-state index in [1.807, 2.05) is 6.92 Å². The number of hydrogen-bond donors (Lipinski definition) is 2. The smallest absolute Gasteiger partial charge is 0.265 e. The van der Waals surface area contributed by atoms with Gasteiger partial charge in [-0.3, -0.25) is 9.52 Å². The molecule has 0 bridgehead atoms. The van der Waals surface area contributed by atoms with Crippen molar-refractivity contribution < 1.29 is 27.1 Å². The number of sulfonamides is 1. The molecule has 0 fully saturated rings. The van der Waals surface area contributed by atoms with Gasteiger partial charge in [-0.05, 0) is 61.5 Å². The highest BCUT2D eigenvalue weighted by atomic mass is 32.2. The normalized spacial score (nSPS) is 10.9. The molecule has 0 saturated carbocycles. The van der Waals surface area contributed by atoms with E-state index in [0.717, 1.165) is 0 Å². The summed E-state index contributed by atoms with van der Waals surface area (Å²) in [4.78, 5) is 12.2. The van der Waals surface area contributed by atoms with Crippen molar-refractivity contribution in [2.24, 2.45) is 0 Å². The van der Waals surface area contributed by atoms with Gasteiger partial charge in [-0.1, -0.05) is 12.1 Å². The highest BCUT2D eigenvalue weighted by Gasteiger charge is 2.21. The number of benzene rings is 3. The third-order valence-corrected chi connectivity index (χ3v) is 5.65. The molecule has 1 amide bonds. The minimum atomic E-state index is -4.05. The van der Waals surface area contributed by atoms with Gasteiger partial charge in [0.25, 0.3) is 15.9 Å². The Morgan fingerprint density at radius 3 is 2.32 bits per heavy atom. The van der Waals surface area contributed by atoms with Gasteiger partial charge in [-0.25, -0.2) is 12.8 Å². The molecule has 0 radical (unpaired) electrons. The Morgan fingerprint density at radius 2 is 1.68 bits per heavy atom. The molecular formula is C22H21FN2O5S. The fourth-order valence-corrected chi connectivity index (χ4v) is 4.06. The number of anilines is 2. The van der Waals surface area contributed by atoms with E-state index in [4.69, 9.17) is 9.47 Å². The summed E-state index contributed by atoms with van der Waals surface area (Å²) in [5.41, 5.74) is 0.336. The number of carbonyl (C=O) groups excluding carboxylic acids is 1. The van der Waals surface area contributed by atoms with Crippen LogP contribution in [0.1, 0.15) is 17.3 Å². The Balaban J connectivity index is 1.87. The number of carbonyl (C=O) groups is 1. The predicted octanol–water partition coefficient (Wildman–Crippen LogP) is 4.29. The molecule has 0 aliphatic heterocycles. The zero-order chi connectivity index (χ0) is 22.4. The van der Waals surface area contributed by atoms with Crippen LogP contribution in [0.2, 0.25) is 0 Å². The molecule has 3 aromatic carbocycles. The number of ether oxygens (including phenoxy) is 2. The SMILES string of the molecule is CCOc1ccc(NS(=O)(=O)c2cc(NC(=O)c3ccccc3F)ccc2OC)cc1. The van der Waals surface area contributed by atoms with Crippen molar-refractivity contribution in [3.63, 3.8) is 0 Å². The van der Waals surface area contributed by atoms with Crippen LogP contribution >= 0.6 is 0 Å². The largest absolute Gasteiger partial charge is 0.495 e. The molecule has 2 N–H and O–H groups in total. The molecule has 0 aromatic heterocycles. The zero-order valence-corrected chi connectivity index (χ0v) is 17.7. The summed E-state index contributed by atoms with van der Waals surface area (Å²) in [5.74, 6) is -0.687. The van der Waals surface area contributed by atoms with E-state index >= 15 is 0 Å². The molecule has 7 nitrogen and oxygen atoms in total. The zero-order valence-electron chi connectivity index (χ0n) is 16.9. The van der Waals surface area contributed by atoms with Gasteiger partial charge in [-0.2, -0.15) is 0 Å². The van der Waals surface area contributed by atoms with E-state index in [1.165, 1.54) is 49.6 Å². The lowest BCUT2D eigenvalue weighted by Gasteiger charge is -2.14. The van der Waals surface area contributed by atoms with Crippen molar-refractivity contribution in [2.45, 2.75) is 11.8 Å². The van der Waals surface area contributed by atoms with Crippen LogP contribution in [-0.4, -0.2) is 28.0 Å². The Hall–Kier alpha value is -3.59. The maximum atomic E-state index is 13.9. The van der Waals surface area contributed by atoms with Gasteiger partial charge in [0, 0.05) is 11.4 Å². The lowest BCUT2D eigenvalue weighted by atomic mass is 10.2. The van der Waals surface area contributed by atoms with Crippen molar-refractivity contribution >= 4 is 27.3 Å². The van der Waals surface area contributed by atoms with Crippen molar-refractivity contribution in [3.05, 3.63) is 78.1 Å². The minimum absolute atomic E-state index is 0.0855. The van der Waals surface area contributed by atoms with E-state index in [0.29, 0.717) is 18.0 Å². The average molecular weight is 444 g/mol. The second-order valence-corrected chi connectivity index (χ2v) is 8.01. The summed E-state index contributed by atoms with van der Waals surface area (Å²) in [7, 11) is -2.72. The Bertz CT molecular complexity index is 1180. The third kappa shape index (κ3) is 5.32. The first kappa shape index (κ1) is 22.1. The van der Waals surface area contributed by atoms with E-state index in [2.05, 4.69) is 10.0 Å². The fraction of sp³-hybridized carbons (Fsp3) is 0.136. The van der Waals surface area contributed by atoms with Crippen LogP contribution < -0.4 is 19.5 Å². The lowest BCUT2D eigenvalue weighted by Crippen LogP contribution is -2.16. The topological polar surface area (TPSA) is 93.7 Å². The monoisotopic (exact) mass is 444 g/mol. The molecule has 31 heavy (non-hydrogen) atoms. The van der Waals surface area contributed by atoms with Crippen LogP contribution in [0.25, 0.3) is 0 Å². The van der Waals surface area contributed by atoms with Crippen molar-refractivity contribution in [3.8, 4) is 11.5 Å². The van der Waals surface area contributed by atoms with Crippen LogP contribution in [0.3, 0.4) is 0 Å². The average Bonchev–Trinajstić information content (AvgIpc) is 2.75. The van der Waals surface area contributed by atoms with Crippen molar-refractivity contribution in [1.29, 1.82) is 0 Å².